The highest BCUT2D eigenvalue weighted by Gasteiger charge is 2.13. The molecular weight excluding hydrogens is 316 g/mol. The molecule has 0 bridgehead atoms. The zero-order valence-electron chi connectivity index (χ0n) is 14.3. The average molecular weight is 336 g/mol. The van der Waals surface area contributed by atoms with Crippen molar-refractivity contribution in [3.63, 3.8) is 0 Å². The van der Waals surface area contributed by atoms with Gasteiger partial charge in [0.05, 0.1) is 12.1 Å². The lowest BCUT2D eigenvalue weighted by Gasteiger charge is -2.11. The second kappa shape index (κ2) is 7.30. The molecule has 0 spiro atoms. The molecule has 25 heavy (non-hydrogen) atoms. The Bertz CT molecular complexity index is 948. The number of hydrogen-bond acceptors (Lipinski definition) is 4. The van der Waals surface area contributed by atoms with Crippen LogP contribution in [0.15, 0.2) is 59.5 Å². The maximum absolute atomic E-state index is 12.1. The maximum atomic E-state index is 12.1. The lowest BCUT2D eigenvalue weighted by atomic mass is 9.98. The number of aryl methyl sites for hydroxylation is 1. The number of nitrogens with zero attached hydrogens (tertiary/aromatic N) is 2. The Balaban J connectivity index is 1.67. The van der Waals surface area contributed by atoms with Gasteiger partial charge in [0.2, 0.25) is 0 Å². The minimum atomic E-state index is -0.303. The highest BCUT2D eigenvalue weighted by molar-refractivity contribution is 5.70. The third-order valence-electron chi connectivity index (χ3n) is 4.16. The van der Waals surface area contributed by atoms with Gasteiger partial charge in [-0.25, -0.2) is 4.98 Å². The zero-order chi connectivity index (χ0) is 17.8. The fourth-order valence-electron chi connectivity index (χ4n) is 2.75. The van der Waals surface area contributed by atoms with Gasteiger partial charge in [0.15, 0.2) is 0 Å². The summed E-state index contributed by atoms with van der Waals surface area (Å²) in [6.07, 6.45) is 1.96. The summed E-state index contributed by atoms with van der Waals surface area (Å²) in [4.78, 5) is 28.7. The van der Waals surface area contributed by atoms with Crippen molar-refractivity contribution < 1.29 is 9.53 Å². The van der Waals surface area contributed by atoms with E-state index in [1.165, 1.54) is 10.5 Å². The Hall–Kier alpha value is -2.95. The van der Waals surface area contributed by atoms with Gasteiger partial charge < -0.3 is 4.74 Å². The topological polar surface area (TPSA) is 60.7 Å². The molecule has 0 amide bonds. The first-order chi connectivity index (χ1) is 12.0. The number of benzene rings is 1. The monoisotopic (exact) mass is 336 g/mol. The molecule has 2 heterocycles. The van der Waals surface area contributed by atoms with Crippen molar-refractivity contribution in [2.24, 2.45) is 0 Å². The number of pyridine rings is 1. The third kappa shape index (κ3) is 3.94. The molecule has 1 atom stereocenters. The number of carbonyl (C=O) groups excluding carboxylic acids is 1. The van der Waals surface area contributed by atoms with Gasteiger partial charge in [-0.3, -0.25) is 14.0 Å². The van der Waals surface area contributed by atoms with Gasteiger partial charge in [-0.2, -0.15) is 0 Å². The molecule has 0 aliphatic rings. The SMILES string of the molecule is Cc1cccn2c(=O)cc(COC(=O)C[C@@H](C)c3ccccc3)nc12. The van der Waals surface area contributed by atoms with Crippen LogP contribution in [0.25, 0.3) is 5.65 Å². The Morgan fingerprint density at radius 3 is 2.72 bits per heavy atom. The largest absolute Gasteiger partial charge is 0.459 e. The van der Waals surface area contributed by atoms with Gasteiger partial charge in [-0.1, -0.05) is 43.3 Å². The number of carbonyl (C=O) groups is 1. The molecule has 0 aliphatic carbocycles. The van der Waals surface area contributed by atoms with E-state index in [4.69, 9.17) is 4.74 Å². The molecule has 5 heteroatoms. The van der Waals surface area contributed by atoms with E-state index < -0.39 is 0 Å². The summed E-state index contributed by atoms with van der Waals surface area (Å²) in [5, 5.41) is 0. The quantitative estimate of drug-likeness (QED) is 0.671. The van der Waals surface area contributed by atoms with Crippen molar-refractivity contribution >= 4 is 11.6 Å². The van der Waals surface area contributed by atoms with E-state index in [0.717, 1.165) is 11.1 Å². The Morgan fingerprint density at radius 1 is 1.20 bits per heavy atom. The zero-order valence-corrected chi connectivity index (χ0v) is 14.3. The second-order valence-corrected chi connectivity index (χ2v) is 6.15. The molecule has 3 aromatic rings. The molecule has 2 aromatic heterocycles. The van der Waals surface area contributed by atoms with E-state index in [1.807, 2.05) is 50.2 Å². The van der Waals surface area contributed by atoms with Crippen molar-refractivity contribution in [1.29, 1.82) is 0 Å². The predicted octanol–water partition coefficient (Wildman–Crippen LogP) is 3.24. The number of aromatic nitrogens is 2. The first-order valence-corrected chi connectivity index (χ1v) is 8.23. The summed E-state index contributed by atoms with van der Waals surface area (Å²) in [6, 6.07) is 14.9. The van der Waals surface area contributed by atoms with Crippen LogP contribution >= 0.6 is 0 Å². The highest BCUT2D eigenvalue weighted by Crippen LogP contribution is 2.19. The molecule has 3 rings (SSSR count). The molecule has 0 saturated carbocycles. The fraction of sp³-hybridized carbons (Fsp3) is 0.250. The van der Waals surface area contributed by atoms with Crippen LogP contribution in [0.1, 0.15) is 36.1 Å². The van der Waals surface area contributed by atoms with Crippen molar-refractivity contribution in [3.05, 3.63) is 81.9 Å². The minimum absolute atomic E-state index is 0.000414. The van der Waals surface area contributed by atoms with Crippen LogP contribution in [0, 0.1) is 6.92 Å². The first kappa shape index (κ1) is 16.9. The minimum Gasteiger partial charge on any atom is -0.459 e. The smallest absolute Gasteiger partial charge is 0.306 e. The molecular formula is C20H20N2O3. The van der Waals surface area contributed by atoms with Crippen LogP contribution in [0.3, 0.4) is 0 Å². The van der Waals surface area contributed by atoms with E-state index in [-0.39, 0.29) is 30.5 Å². The summed E-state index contributed by atoms with van der Waals surface area (Å²) in [5.74, 6) is -0.228. The number of fused-ring (bicyclic) bond motifs is 1. The average Bonchev–Trinajstić information content (AvgIpc) is 2.61. The molecule has 0 saturated heterocycles. The van der Waals surface area contributed by atoms with Crippen LogP contribution in [-0.2, 0) is 16.1 Å². The van der Waals surface area contributed by atoms with Crippen molar-refractivity contribution in [2.75, 3.05) is 0 Å². The standard InChI is InChI=1S/C20H20N2O3/c1-14-7-6-10-22-18(23)12-17(21-20(14)22)13-25-19(24)11-15(2)16-8-4-3-5-9-16/h3-10,12,15H,11,13H2,1-2H3/t15-/m1/s1. The van der Waals surface area contributed by atoms with E-state index in [9.17, 15) is 9.59 Å². The summed E-state index contributed by atoms with van der Waals surface area (Å²) in [7, 11) is 0. The number of ether oxygens (including phenoxy) is 1. The van der Waals surface area contributed by atoms with Crippen molar-refractivity contribution in [3.8, 4) is 0 Å². The molecule has 0 radical (unpaired) electrons. The molecule has 0 fully saturated rings. The highest BCUT2D eigenvalue weighted by atomic mass is 16.5. The maximum Gasteiger partial charge on any atom is 0.306 e. The summed E-state index contributed by atoms with van der Waals surface area (Å²) in [5.41, 5.74) is 2.85. The summed E-state index contributed by atoms with van der Waals surface area (Å²) in [6.45, 7) is 3.88. The molecule has 128 valence electrons. The molecule has 0 unspecified atom stereocenters. The van der Waals surface area contributed by atoms with Gasteiger partial charge in [0.1, 0.15) is 12.3 Å². The van der Waals surface area contributed by atoms with E-state index in [1.54, 1.807) is 12.3 Å². The number of rotatable bonds is 5. The Morgan fingerprint density at radius 2 is 1.96 bits per heavy atom. The molecule has 1 aromatic carbocycles. The summed E-state index contributed by atoms with van der Waals surface area (Å²) < 4.78 is 6.80. The van der Waals surface area contributed by atoms with Crippen LogP contribution in [0.4, 0.5) is 0 Å². The predicted molar refractivity (Wildman–Crippen MR) is 95.5 cm³/mol. The first-order valence-electron chi connectivity index (χ1n) is 8.23. The van der Waals surface area contributed by atoms with Gasteiger partial charge in [-0.05, 0) is 30.0 Å². The number of esters is 1. The van der Waals surface area contributed by atoms with E-state index in [2.05, 4.69) is 4.98 Å². The van der Waals surface area contributed by atoms with Gasteiger partial charge in [0, 0.05) is 12.3 Å². The summed E-state index contributed by atoms with van der Waals surface area (Å²) >= 11 is 0. The Labute approximate surface area is 145 Å². The fourth-order valence-corrected chi connectivity index (χ4v) is 2.75. The van der Waals surface area contributed by atoms with Gasteiger partial charge in [0.25, 0.3) is 5.56 Å². The van der Waals surface area contributed by atoms with Crippen LogP contribution in [-0.4, -0.2) is 15.4 Å². The third-order valence-corrected chi connectivity index (χ3v) is 4.16. The molecule has 0 N–H and O–H groups in total. The Kier molecular flexibility index (Phi) is 4.93. The van der Waals surface area contributed by atoms with Gasteiger partial charge in [-0.15, -0.1) is 0 Å². The van der Waals surface area contributed by atoms with Crippen LogP contribution in [0.2, 0.25) is 0 Å². The van der Waals surface area contributed by atoms with Crippen LogP contribution in [0.5, 0.6) is 0 Å². The van der Waals surface area contributed by atoms with Crippen LogP contribution < -0.4 is 5.56 Å². The van der Waals surface area contributed by atoms with Crippen molar-refractivity contribution in [2.45, 2.75) is 32.8 Å². The normalized spacial score (nSPS) is 12.1. The molecule has 0 aliphatic heterocycles. The molecule has 5 nitrogen and oxygen atoms in total. The van der Waals surface area contributed by atoms with Gasteiger partial charge >= 0.3 is 5.97 Å². The number of hydrogen-bond donors (Lipinski definition) is 0. The van der Waals surface area contributed by atoms with Crippen molar-refractivity contribution in [1.82, 2.24) is 9.38 Å². The lowest BCUT2D eigenvalue weighted by Crippen LogP contribution is -2.17. The lowest BCUT2D eigenvalue weighted by molar-refractivity contribution is -0.145. The second-order valence-electron chi connectivity index (χ2n) is 6.15. The van der Waals surface area contributed by atoms with E-state index in [0.29, 0.717) is 11.3 Å². The van der Waals surface area contributed by atoms with E-state index >= 15 is 0 Å².